The lowest BCUT2D eigenvalue weighted by Gasteiger charge is -2.33. The van der Waals surface area contributed by atoms with Crippen molar-refractivity contribution in [3.63, 3.8) is 0 Å². The van der Waals surface area contributed by atoms with Crippen LogP contribution in [0.1, 0.15) is 19.3 Å². The molecular weight excluding hydrogens is 356 g/mol. The van der Waals surface area contributed by atoms with Crippen molar-refractivity contribution >= 4 is 23.1 Å². The van der Waals surface area contributed by atoms with Crippen LogP contribution < -0.4 is 11.1 Å². The second kappa shape index (κ2) is 7.52. The highest BCUT2D eigenvalue weighted by Crippen LogP contribution is 2.21. The first-order valence-corrected chi connectivity index (χ1v) is 9.11. The number of rotatable bonds is 4. The molecule has 0 aromatic carbocycles. The molecule has 142 valence electrons. The molecule has 0 radical (unpaired) electrons. The predicted molar refractivity (Wildman–Crippen MR) is 104 cm³/mol. The number of carbonyl (C=O) groups excluding carboxylic acids is 1. The van der Waals surface area contributed by atoms with Crippen LogP contribution in [-0.4, -0.2) is 49.3 Å². The number of hydrogen-bond acceptors (Lipinski definition) is 7. The SMILES string of the molecule is N#CCC(=O)N1CCC[C@H](Nc2ccnc(-c3cnc4ccc(N)cn34)n2)C1. The van der Waals surface area contributed by atoms with E-state index in [1.807, 2.05) is 16.5 Å². The fourth-order valence-electron chi connectivity index (χ4n) is 3.43. The van der Waals surface area contributed by atoms with Crippen molar-refractivity contribution in [2.75, 3.05) is 24.1 Å². The van der Waals surface area contributed by atoms with Crippen molar-refractivity contribution in [2.24, 2.45) is 0 Å². The zero-order valence-corrected chi connectivity index (χ0v) is 15.2. The summed E-state index contributed by atoms with van der Waals surface area (Å²) in [5, 5.41) is 12.1. The van der Waals surface area contributed by atoms with E-state index in [1.54, 1.807) is 35.6 Å². The first-order chi connectivity index (χ1) is 13.6. The molecule has 1 saturated heterocycles. The van der Waals surface area contributed by atoms with E-state index < -0.39 is 0 Å². The average Bonchev–Trinajstić information content (AvgIpc) is 3.11. The fraction of sp³-hybridized carbons (Fsp3) is 0.316. The Morgan fingerprint density at radius 1 is 1.36 bits per heavy atom. The molecule has 1 fully saturated rings. The van der Waals surface area contributed by atoms with E-state index in [1.165, 1.54) is 0 Å². The van der Waals surface area contributed by atoms with Gasteiger partial charge in [-0.15, -0.1) is 0 Å². The molecule has 1 aliphatic heterocycles. The minimum atomic E-state index is -0.124. The van der Waals surface area contributed by atoms with Crippen LogP contribution in [0, 0.1) is 11.3 Å². The zero-order chi connectivity index (χ0) is 19.5. The van der Waals surface area contributed by atoms with E-state index in [4.69, 9.17) is 11.0 Å². The number of piperidine rings is 1. The molecule has 3 aromatic rings. The topological polar surface area (TPSA) is 125 Å². The molecule has 0 aliphatic carbocycles. The van der Waals surface area contributed by atoms with Gasteiger partial charge in [-0.05, 0) is 31.0 Å². The molecule has 9 nitrogen and oxygen atoms in total. The molecule has 0 bridgehead atoms. The average molecular weight is 376 g/mol. The van der Waals surface area contributed by atoms with Gasteiger partial charge >= 0.3 is 0 Å². The molecule has 0 spiro atoms. The number of likely N-dealkylation sites (tertiary alicyclic amines) is 1. The lowest BCUT2D eigenvalue weighted by Crippen LogP contribution is -2.45. The highest BCUT2D eigenvalue weighted by atomic mass is 16.2. The van der Waals surface area contributed by atoms with Gasteiger partial charge in [0.15, 0.2) is 5.82 Å². The lowest BCUT2D eigenvalue weighted by atomic mass is 10.1. The number of imidazole rings is 1. The summed E-state index contributed by atoms with van der Waals surface area (Å²) in [5.41, 5.74) is 8.04. The van der Waals surface area contributed by atoms with Gasteiger partial charge in [-0.1, -0.05) is 0 Å². The number of aromatic nitrogens is 4. The number of nitrogen functional groups attached to an aromatic ring is 1. The van der Waals surface area contributed by atoms with Crippen molar-refractivity contribution in [1.82, 2.24) is 24.3 Å². The summed E-state index contributed by atoms with van der Waals surface area (Å²) >= 11 is 0. The van der Waals surface area contributed by atoms with Crippen LogP contribution in [0.3, 0.4) is 0 Å². The zero-order valence-electron chi connectivity index (χ0n) is 15.2. The molecule has 4 rings (SSSR count). The van der Waals surface area contributed by atoms with Gasteiger partial charge in [-0.25, -0.2) is 15.0 Å². The minimum Gasteiger partial charge on any atom is -0.398 e. The van der Waals surface area contributed by atoms with Crippen LogP contribution in [0.2, 0.25) is 0 Å². The van der Waals surface area contributed by atoms with Gasteiger partial charge in [0.05, 0.1) is 12.3 Å². The third-order valence-corrected chi connectivity index (χ3v) is 4.77. The number of amides is 1. The monoisotopic (exact) mass is 376 g/mol. The smallest absolute Gasteiger partial charge is 0.236 e. The lowest BCUT2D eigenvalue weighted by molar-refractivity contribution is -0.131. The van der Waals surface area contributed by atoms with Gasteiger partial charge in [0.25, 0.3) is 0 Å². The van der Waals surface area contributed by atoms with Crippen molar-refractivity contribution in [2.45, 2.75) is 25.3 Å². The van der Waals surface area contributed by atoms with Gasteiger partial charge in [-0.2, -0.15) is 5.26 Å². The molecule has 3 aromatic heterocycles. The Hall–Kier alpha value is -3.67. The van der Waals surface area contributed by atoms with Crippen LogP contribution in [0.5, 0.6) is 0 Å². The summed E-state index contributed by atoms with van der Waals surface area (Å²) in [7, 11) is 0. The number of nitriles is 1. The minimum absolute atomic E-state index is 0.0805. The predicted octanol–water partition coefficient (Wildman–Crippen LogP) is 1.69. The maximum absolute atomic E-state index is 12.0. The quantitative estimate of drug-likeness (QED) is 0.709. The van der Waals surface area contributed by atoms with Gasteiger partial charge in [0, 0.05) is 37.2 Å². The first kappa shape index (κ1) is 17.7. The van der Waals surface area contributed by atoms with Crippen LogP contribution in [0.4, 0.5) is 11.5 Å². The number of carbonyl (C=O) groups is 1. The summed E-state index contributed by atoms with van der Waals surface area (Å²) in [6.45, 7) is 1.25. The molecule has 1 aliphatic rings. The summed E-state index contributed by atoms with van der Waals surface area (Å²) in [4.78, 5) is 27.1. The number of fused-ring (bicyclic) bond motifs is 1. The molecule has 9 heteroatoms. The highest BCUT2D eigenvalue weighted by Gasteiger charge is 2.23. The molecule has 28 heavy (non-hydrogen) atoms. The highest BCUT2D eigenvalue weighted by molar-refractivity contribution is 5.78. The third-order valence-electron chi connectivity index (χ3n) is 4.77. The van der Waals surface area contributed by atoms with Crippen LogP contribution >= 0.6 is 0 Å². The Kier molecular flexibility index (Phi) is 4.76. The Bertz CT molecular complexity index is 1050. The van der Waals surface area contributed by atoms with Gasteiger partial charge in [0.2, 0.25) is 5.91 Å². The van der Waals surface area contributed by atoms with E-state index in [9.17, 15) is 4.79 Å². The number of nitrogens with two attached hydrogens (primary N) is 1. The summed E-state index contributed by atoms with van der Waals surface area (Å²) in [6, 6.07) is 7.45. The van der Waals surface area contributed by atoms with E-state index in [2.05, 4.69) is 20.3 Å². The summed E-state index contributed by atoms with van der Waals surface area (Å²) < 4.78 is 1.86. The van der Waals surface area contributed by atoms with Gasteiger partial charge in [0.1, 0.15) is 23.6 Å². The van der Waals surface area contributed by atoms with Gasteiger partial charge < -0.3 is 16.0 Å². The molecular formula is C19H20N8O. The fourth-order valence-corrected chi connectivity index (χ4v) is 3.43. The third kappa shape index (κ3) is 3.57. The molecule has 4 heterocycles. The second-order valence-corrected chi connectivity index (χ2v) is 6.76. The van der Waals surface area contributed by atoms with Crippen LogP contribution in [0.15, 0.2) is 36.8 Å². The van der Waals surface area contributed by atoms with E-state index in [-0.39, 0.29) is 18.4 Å². The van der Waals surface area contributed by atoms with Crippen molar-refractivity contribution < 1.29 is 4.79 Å². The van der Waals surface area contributed by atoms with E-state index in [0.29, 0.717) is 30.4 Å². The van der Waals surface area contributed by atoms with E-state index in [0.717, 1.165) is 24.2 Å². The largest absolute Gasteiger partial charge is 0.398 e. The standard InChI is InChI=1S/C19H20N8O/c20-7-5-18(28)26-9-1-2-14(12-26)24-16-6-8-22-19(25-16)15-10-23-17-4-3-13(21)11-27(15)17/h3-4,6,8,10-11,14H,1-2,5,9,12,21H2,(H,22,24,25)/t14-/m0/s1. The van der Waals surface area contributed by atoms with Crippen molar-refractivity contribution in [3.05, 3.63) is 36.8 Å². The number of hydrogen-bond donors (Lipinski definition) is 2. The number of anilines is 2. The Morgan fingerprint density at radius 3 is 3.11 bits per heavy atom. The first-order valence-electron chi connectivity index (χ1n) is 9.11. The number of pyridine rings is 1. The molecule has 3 N–H and O–H groups in total. The maximum atomic E-state index is 12.0. The van der Waals surface area contributed by atoms with Crippen LogP contribution in [-0.2, 0) is 4.79 Å². The van der Waals surface area contributed by atoms with Crippen molar-refractivity contribution in [3.8, 4) is 17.6 Å². The van der Waals surface area contributed by atoms with Crippen LogP contribution in [0.25, 0.3) is 17.2 Å². The summed E-state index contributed by atoms with van der Waals surface area (Å²) in [5.74, 6) is 1.10. The number of nitrogens with zero attached hydrogens (tertiary/aromatic N) is 6. The molecule has 0 unspecified atom stereocenters. The Morgan fingerprint density at radius 2 is 2.25 bits per heavy atom. The summed E-state index contributed by atoms with van der Waals surface area (Å²) in [6.07, 6.45) is 6.94. The van der Waals surface area contributed by atoms with E-state index >= 15 is 0 Å². The molecule has 0 saturated carbocycles. The normalized spacial score (nSPS) is 16.7. The van der Waals surface area contributed by atoms with Gasteiger partial charge in [-0.3, -0.25) is 9.20 Å². The molecule has 1 amide bonds. The number of nitrogens with one attached hydrogen (secondary N) is 1. The Balaban J connectivity index is 1.53. The molecule has 1 atom stereocenters. The van der Waals surface area contributed by atoms with Crippen molar-refractivity contribution in [1.29, 1.82) is 5.26 Å². The second-order valence-electron chi connectivity index (χ2n) is 6.76. The maximum Gasteiger partial charge on any atom is 0.236 e. The Labute approximate surface area is 161 Å².